The van der Waals surface area contributed by atoms with Crippen molar-refractivity contribution in [3.8, 4) is 0 Å². The van der Waals surface area contributed by atoms with E-state index in [-0.39, 0.29) is 16.8 Å². The Kier molecular flexibility index (Phi) is 3.55. The maximum Gasteiger partial charge on any atom is 0.419 e. The number of nitrogens with zero attached hydrogens (tertiary/aromatic N) is 2. The number of aromatic nitrogens is 2. The van der Waals surface area contributed by atoms with Gasteiger partial charge in [-0.15, -0.1) is 0 Å². The van der Waals surface area contributed by atoms with E-state index in [1.54, 1.807) is 6.07 Å². The second kappa shape index (κ2) is 4.97. The molecule has 2 aromatic rings. The number of hydrogen-bond donors (Lipinski definition) is 1. The predicted octanol–water partition coefficient (Wildman–Crippen LogP) is 3.46. The number of pyridine rings is 1. The van der Waals surface area contributed by atoms with Gasteiger partial charge in [0.15, 0.2) is 0 Å². The maximum absolute atomic E-state index is 12.8. The Labute approximate surface area is 108 Å². The van der Waals surface area contributed by atoms with Gasteiger partial charge in [-0.2, -0.15) is 13.2 Å². The summed E-state index contributed by atoms with van der Waals surface area (Å²) in [6.45, 7) is 0.105. The molecule has 0 saturated heterocycles. The van der Waals surface area contributed by atoms with E-state index in [1.165, 1.54) is 12.5 Å². The molecule has 18 heavy (non-hydrogen) atoms. The summed E-state index contributed by atoms with van der Waals surface area (Å²) < 4.78 is 43.1. The third kappa shape index (κ3) is 3.00. The highest BCUT2D eigenvalue weighted by atomic mass is 79.9. The minimum atomic E-state index is -4.47. The van der Waals surface area contributed by atoms with Gasteiger partial charge in [0.25, 0.3) is 0 Å². The number of alkyl halides is 3. The fraction of sp³-hybridized carbons (Fsp3) is 0.200. The van der Waals surface area contributed by atoms with Gasteiger partial charge >= 0.3 is 6.18 Å². The molecule has 1 N–H and O–H groups in total. The summed E-state index contributed by atoms with van der Waals surface area (Å²) in [5, 5.41) is 6.16. The molecule has 0 spiro atoms. The van der Waals surface area contributed by atoms with Gasteiger partial charge in [-0.05, 0) is 22.0 Å². The molecule has 2 rings (SSSR count). The standard InChI is InChI=1S/C10H7BrF3N3O/c11-6-3-8(10(12,13)14)9(15-4-6)16-5-7-1-2-18-17-7/h1-4H,5H2,(H,15,16). The van der Waals surface area contributed by atoms with Crippen molar-refractivity contribution < 1.29 is 17.7 Å². The molecule has 0 saturated carbocycles. The Morgan fingerprint density at radius 3 is 2.78 bits per heavy atom. The van der Waals surface area contributed by atoms with E-state index in [0.29, 0.717) is 5.69 Å². The quantitative estimate of drug-likeness (QED) is 0.940. The van der Waals surface area contributed by atoms with Gasteiger partial charge in [0.05, 0.1) is 12.1 Å². The van der Waals surface area contributed by atoms with Gasteiger partial charge in [-0.3, -0.25) is 0 Å². The minimum absolute atomic E-state index is 0.105. The summed E-state index contributed by atoms with van der Waals surface area (Å²) in [6.07, 6.45) is -1.83. The van der Waals surface area contributed by atoms with E-state index in [0.717, 1.165) is 6.07 Å². The van der Waals surface area contributed by atoms with Crippen LogP contribution in [0.4, 0.5) is 19.0 Å². The van der Waals surface area contributed by atoms with Crippen LogP contribution in [0, 0.1) is 0 Å². The lowest BCUT2D eigenvalue weighted by Crippen LogP contribution is -2.12. The number of halogens is 4. The Bertz CT molecular complexity index is 528. The van der Waals surface area contributed by atoms with Gasteiger partial charge in [0, 0.05) is 16.7 Å². The lowest BCUT2D eigenvalue weighted by atomic mass is 10.2. The fourth-order valence-electron chi connectivity index (χ4n) is 1.30. The van der Waals surface area contributed by atoms with Crippen molar-refractivity contribution in [1.82, 2.24) is 10.1 Å². The van der Waals surface area contributed by atoms with Crippen LogP contribution >= 0.6 is 15.9 Å². The normalized spacial score (nSPS) is 11.6. The first-order chi connectivity index (χ1) is 8.47. The number of anilines is 1. The van der Waals surface area contributed by atoms with Crippen LogP contribution in [0.2, 0.25) is 0 Å². The largest absolute Gasteiger partial charge is 0.419 e. The molecular weight excluding hydrogens is 315 g/mol. The molecule has 0 aliphatic carbocycles. The van der Waals surface area contributed by atoms with Crippen LogP contribution in [0.15, 0.2) is 33.6 Å². The van der Waals surface area contributed by atoms with Crippen LogP contribution in [0.25, 0.3) is 0 Å². The average molecular weight is 322 g/mol. The van der Waals surface area contributed by atoms with Crippen molar-refractivity contribution in [2.75, 3.05) is 5.32 Å². The third-order valence-corrected chi connectivity index (χ3v) is 2.52. The summed E-state index contributed by atoms with van der Waals surface area (Å²) in [7, 11) is 0. The van der Waals surface area contributed by atoms with Gasteiger partial charge in [0.1, 0.15) is 17.8 Å². The highest BCUT2D eigenvalue weighted by molar-refractivity contribution is 9.10. The van der Waals surface area contributed by atoms with Crippen molar-refractivity contribution in [3.05, 3.63) is 40.3 Å². The highest BCUT2D eigenvalue weighted by Crippen LogP contribution is 2.35. The summed E-state index contributed by atoms with van der Waals surface area (Å²) in [5.41, 5.74) is -0.340. The van der Waals surface area contributed by atoms with E-state index in [2.05, 4.69) is 35.9 Å². The zero-order valence-corrected chi connectivity index (χ0v) is 10.4. The molecule has 4 nitrogen and oxygen atoms in total. The summed E-state index contributed by atoms with van der Waals surface area (Å²) >= 11 is 2.96. The van der Waals surface area contributed by atoms with E-state index in [4.69, 9.17) is 0 Å². The molecule has 0 unspecified atom stereocenters. The van der Waals surface area contributed by atoms with E-state index < -0.39 is 11.7 Å². The topological polar surface area (TPSA) is 51.0 Å². The molecule has 96 valence electrons. The maximum atomic E-state index is 12.8. The van der Waals surface area contributed by atoms with Gasteiger partial charge in [-0.25, -0.2) is 4.98 Å². The van der Waals surface area contributed by atoms with Crippen LogP contribution in [0.3, 0.4) is 0 Å². The molecule has 0 fully saturated rings. The van der Waals surface area contributed by atoms with Crippen LogP contribution in [0.1, 0.15) is 11.3 Å². The second-order valence-electron chi connectivity index (χ2n) is 3.39. The fourth-order valence-corrected chi connectivity index (χ4v) is 1.63. The molecule has 0 aliphatic rings. The summed E-state index contributed by atoms with van der Waals surface area (Å²) in [5.74, 6) is -0.242. The lowest BCUT2D eigenvalue weighted by Gasteiger charge is -2.13. The zero-order chi connectivity index (χ0) is 13.2. The van der Waals surface area contributed by atoms with E-state index >= 15 is 0 Å². The van der Waals surface area contributed by atoms with Crippen LogP contribution < -0.4 is 5.32 Å². The van der Waals surface area contributed by atoms with Crippen LogP contribution in [0.5, 0.6) is 0 Å². The lowest BCUT2D eigenvalue weighted by molar-refractivity contribution is -0.137. The predicted molar refractivity (Wildman–Crippen MR) is 60.8 cm³/mol. The molecule has 0 aromatic carbocycles. The van der Waals surface area contributed by atoms with Crippen LogP contribution in [-0.2, 0) is 12.7 Å². The van der Waals surface area contributed by atoms with Crippen molar-refractivity contribution in [2.24, 2.45) is 0 Å². The smallest absolute Gasteiger partial charge is 0.364 e. The second-order valence-corrected chi connectivity index (χ2v) is 4.31. The monoisotopic (exact) mass is 321 g/mol. The van der Waals surface area contributed by atoms with Crippen LogP contribution in [-0.4, -0.2) is 10.1 Å². The Balaban J connectivity index is 2.22. The van der Waals surface area contributed by atoms with Crippen molar-refractivity contribution in [2.45, 2.75) is 12.7 Å². The molecule has 0 atom stereocenters. The minimum Gasteiger partial charge on any atom is -0.364 e. The first kappa shape index (κ1) is 12.9. The summed E-state index contributed by atoms with van der Waals surface area (Å²) in [6, 6.07) is 2.53. The summed E-state index contributed by atoms with van der Waals surface area (Å²) in [4.78, 5) is 3.71. The third-order valence-electron chi connectivity index (χ3n) is 2.09. The van der Waals surface area contributed by atoms with E-state index in [9.17, 15) is 13.2 Å². The van der Waals surface area contributed by atoms with Gasteiger partial charge in [-0.1, -0.05) is 5.16 Å². The molecule has 0 radical (unpaired) electrons. The van der Waals surface area contributed by atoms with Gasteiger partial charge < -0.3 is 9.84 Å². The van der Waals surface area contributed by atoms with Crippen molar-refractivity contribution in [3.63, 3.8) is 0 Å². The van der Waals surface area contributed by atoms with Crippen molar-refractivity contribution in [1.29, 1.82) is 0 Å². The first-order valence-electron chi connectivity index (χ1n) is 4.82. The SMILES string of the molecule is FC(F)(F)c1cc(Br)cnc1NCc1ccon1. The first-order valence-corrected chi connectivity index (χ1v) is 5.62. The Morgan fingerprint density at radius 1 is 1.39 bits per heavy atom. The number of hydrogen-bond acceptors (Lipinski definition) is 4. The van der Waals surface area contributed by atoms with E-state index in [1.807, 2.05) is 0 Å². The molecule has 0 amide bonds. The molecule has 0 aliphatic heterocycles. The van der Waals surface area contributed by atoms with Crippen molar-refractivity contribution >= 4 is 21.7 Å². The highest BCUT2D eigenvalue weighted by Gasteiger charge is 2.34. The molecule has 2 aromatic heterocycles. The molecule has 8 heteroatoms. The Morgan fingerprint density at radius 2 is 2.17 bits per heavy atom. The number of nitrogens with one attached hydrogen (secondary N) is 1. The Hall–Kier alpha value is -1.57. The zero-order valence-electron chi connectivity index (χ0n) is 8.83. The number of rotatable bonds is 3. The average Bonchev–Trinajstić information content (AvgIpc) is 2.79. The molecule has 2 heterocycles. The molecular formula is C10H7BrF3N3O. The molecule has 0 bridgehead atoms. The van der Waals surface area contributed by atoms with Gasteiger partial charge in [0.2, 0.25) is 0 Å².